The summed E-state index contributed by atoms with van der Waals surface area (Å²) in [6.45, 7) is 2.80. The number of nitrogens with two attached hydrogens (primary N) is 1. The first-order chi connectivity index (χ1) is 16.0. The summed E-state index contributed by atoms with van der Waals surface area (Å²) in [6.07, 6.45) is 4.03. The largest absolute Gasteiger partial charge is 0.378 e. The summed E-state index contributed by atoms with van der Waals surface area (Å²) in [7, 11) is 3.24. The van der Waals surface area contributed by atoms with Crippen LogP contribution in [0, 0.1) is 5.82 Å². The molecule has 0 fully saturated rings. The van der Waals surface area contributed by atoms with Gasteiger partial charge in [-0.05, 0) is 29.7 Å². The zero-order valence-corrected chi connectivity index (χ0v) is 19.1. The molecule has 2 aromatic carbocycles. The van der Waals surface area contributed by atoms with E-state index in [0.29, 0.717) is 29.1 Å². The molecule has 174 valence electrons. The highest BCUT2D eigenvalue weighted by molar-refractivity contribution is 5.95. The minimum absolute atomic E-state index is 0.0142. The first kappa shape index (κ1) is 23.9. The molecule has 0 unspecified atom stereocenters. The number of anilines is 1. The second-order valence-electron chi connectivity index (χ2n) is 7.59. The van der Waals surface area contributed by atoms with Gasteiger partial charge in [0.25, 0.3) is 5.91 Å². The molecule has 0 aliphatic rings. The van der Waals surface area contributed by atoms with Gasteiger partial charge in [-0.3, -0.25) is 9.48 Å². The van der Waals surface area contributed by atoms with Crippen molar-refractivity contribution in [3.05, 3.63) is 82.4 Å². The van der Waals surface area contributed by atoms with Crippen LogP contribution in [0.3, 0.4) is 0 Å². The Morgan fingerprint density at radius 3 is 2.67 bits per heavy atom. The van der Waals surface area contributed by atoms with Crippen LogP contribution in [0.2, 0.25) is 0 Å². The quantitative estimate of drug-likeness (QED) is 0.213. The van der Waals surface area contributed by atoms with Crippen molar-refractivity contribution >= 4 is 17.9 Å². The van der Waals surface area contributed by atoms with Crippen LogP contribution in [0.1, 0.15) is 39.7 Å². The number of ether oxygens (including phenoxy) is 1. The molecule has 1 amide bonds. The van der Waals surface area contributed by atoms with E-state index in [9.17, 15) is 9.18 Å². The maximum atomic E-state index is 14.5. The molecule has 3 N–H and O–H groups in total. The number of rotatable bonds is 10. The van der Waals surface area contributed by atoms with Crippen LogP contribution >= 0.6 is 0 Å². The number of nitrogens with zero attached hydrogens (tertiary/aromatic N) is 4. The van der Waals surface area contributed by atoms with Gasteiger partial charge < -0.3 is 20.8 Å². The van der Waals surface area contributed by atoms with Crippen molar-refractivity contribution in [1.29, 1.82) is 0 Å². The summed E-state index contributed by atoms with van der Waals surface area (Å²) in [4.78, 5) is 14.6. The number of aryl methyl sites for hydroxylation is 1. The van der Waals surface area contributed by atoms with Crippen molar-refractivity contribution < 1.29 is 13.9 Å². The molecule has 1 heterocycles. The van der Waals surface area contributed by atoms with Crippen molar-refractivity contribution in [3.63, 3.8) is 0 Å². The van der Waals surface area contributed by atoms with Crippen LogP contribution in [0.25, 0.3) is 0 Å². The van der Waals surface area contributed by atoms with Crippen LogP contribution in [-0.4, -0.2) is 36.2 Å². The van der Waals surface area contributed by atoms with Crippen LogP contribution in [-0.2, 0) is 30.9 Å². The van der Waals surface area contributed by atoms with Crippen molar-refractivity contribution in [1.82, 2.24) is 15.1 Å². The van der Waals surface area contributed by atoms with Crippen LogP contribution in [0.4, 0.5) is 10.1 Å². The summed E-state index contributed by atoms with van der Waals surface area (Å²) >= 11 is 0. The van der Waals surface area contributed by atoms with E-state index in [1.54, 1.807) is 42.1 Å². The van der Waals surface area contributed by atoms with E-state index in [2.05, 4.69) is 46.7 Å². The maximum absolute atomic E-state index is 14.5. The fourth-order valence-corrected chi connectivity index (χ4v) is 3.52. The van der Waals surface area contributed by atoms with Gasteiger partial charge in [-0.25, -0.2) is 4.39 Å². The fourth-order valence-electron chi connectivity index (χ4n) is 3.52. The number of nitrogens with one attached hydrogen (secondary N) is 1. The first-order valence-corrected chi connectivity index (χ1v) is 10.6. The molecule has 3 aromatic rings. The molecular formula is C24H29FN6O2. The van der Waals surface area contributed by atoms with E-state index < -0.39 is 5.82 Å². The fraction of sp³-hybridized carbons (Fsp3) is 0.292. The normalized spacial score (nSPS) is 11.2. The number of carbonyl (C=O) groups excluding carboxylic acids is 1. The molecular weight excluding hydrogens is 423 g/mol. The number of hydrogen-bond donors (Lipinski definition) is 2. The number of aromatic nitrogens is 2. The number of benzene rings is 2. The number of carbonyl (C=O) groups is 1. The molecule has 0 saturated heterocycles. The molecule has 3 rings (SSSR count). The zero-order chi connectivity index (χ0) is 23.8. The monoisotopic (exact) mass is 452 g/mol. The topological polar surface area (TPSA) is 97.8 Å². The number of halogens is 1. The molecule has 0 aliphatic carbocycles. The van der Waals surface area contributed by atoms with E-state index in [1.165, 1.54) is 18.0 Å². The van der Waals surface area contributed by atoms with Gasteiger partial charge >= 0.3 is 0 Å². The smallest absolute Gasteiger partial charge is 0.255 e. The minimum Gasteiger partial charge on any atom is -0.378 e. The van der Waals surface area contributed by atoms with Crippen molar-refractivity contribution in [3.8, 4) is 0 Å². The van der Waals surface area contributed by atoms with Gasteiger partial charge in [0.05, 0.1) is 18.7 Å². The number of amides is 1. The summed E-state index contributed by atoms with van der Waals surface area (Å²) in [5, 5.41) is 10.8. The van der Waals surface area contributed by atoms with Crippen LogP contribution < -0.4 is 16.1 Å². The SMILES string of the molecule is CCc1ccc(Cn2cc(C(=O)NCc3c(F)cccc3N(C)/C=N\N)c(COC)n2)cc1. The lowest BCUT2D eigenvalue weighted by atomic mass is 10.1. The maximum Gasteiger partial charge on any atom is 0.255 e. The highest BCUT2D eigenvalue weighted by Crippen LogP contribution is 2.22. The molecule has 33 heavy (non-hydrogen) atoms. The van der Waals surface area contributed by atoms with E-state index in [-0.39, 0.29) is 19.1 Å². The van der Waals surface area contributed by atoms with Gasteiger partial charge in [0.15, 0.2) is 0 Å². The predicted molar refractivity (Wildman–Crippen MR) is 127 cm³/mol. The van der Waals surface area contributed by atoms with E-state index in [0.717, 1.165) is 12.0 Å². The molecule has 0 aliphatic heterocycles. The number of hydrogen-bond acceptors (Lipinski definition) is 5. The Bertz CT molecular complexity index is 1110. The van der Waals surface area contributed by atoms with Gasteiger partial charge in [0.1, 0.15) is 17.8 Å². The molecule has 0 radical (unpaired) electrons. The number of methoxy groups -OCH3 is 1. The van der Waals surface area contributed by atoms with E-state index >= 15 is 0 Å². The minimum atomic E-state index is -0.437. The van der Waals surface area contributed by atoms with Crippen molar-refractivity contribution in [2.75, 3.05) is 19.1 Å². The van der Waals surface area contributed by atoms with E-state index in [1.807, 2.05) is 0 Å². The molecule has 0 spiro atoms. The second kappa shape index (κ2) is 11.2. The molecule has 9 heteroatoms. The summed E-state index contributed by atoms with van der Waals surface area (Å²) in [5.41, 5.74) is 4.11. The van der Waals surface area contributed by atoms with Gasteiger partial charge in [0.2, 0.25) is 0 Å². The molecule has 1 aromatic heterocycles. The van der Waals surface area contributed by atoms with Crippen molar-refractivity contribution in [2.24, 2.45) is 10.9 Å². The average molecular weight is 453 g/mol. The van der Waals surface area contributed by atoms with Gasteiger partial charge in [-0.15, -0.1) is 0 Å². The third-order valence-corrected chi connectivity index (χ3v) is 5.28. The molecule has 0 atom stereocenters. The lowest BCUT2D eigenvalue weighted by Crippen LogP contribution is -2.26. The first-order valence-electron chi connectivity index (χ1n) is 10.6. The van der Waals surface area contributed by atoms with Gasteiger partial charge in [-0.2, -0.15) is 10.2 Å². The Morgan fingerprint density at radius 1 is 1.27 bits per heavy atom. The Kier molecular flexibility index (Phi) is 8.15. The molecule has 0 saturated carbocycles. The van der Waals surface area contributed by atoms with Crippen LogP contribution in [0.5, 0.6) is 0 Å². The Labute approximate surface area is 192 Å². The van der Waals surface area contributed by atoms with E-state index in [4.69, 9.17) is 10.6 Å². The van der Waals surface area contributed by atoms with Gasteiger partial charge in [0, 0.05) is 38.1 Å². The summed E-state index contributed by atoms with van der Waals surface area (Å²) in [6, 6.07) is 12.9. The second-order valence-corrected chi connectivity index (χ2v) is 7.59. The lowest BCUT2D eigenvalue weighted by molar-refractivity contribution is 0.0945. The Hall–Kier alpha value is -3.72. The standard InChI is InChI=1S/C24H29FN6O2/c1-4-17-8-10-18(11-9-17)13-31-14-20(22(29-31)15-33-3)24(32)27-12-19-21(25)6-5-7-23(19)30(2)16-28-26/h5-11,14,16H,4,12-13,15,26H2,1-3H3,(H,27,32)/b28-16-. The van der Waals surface area contributed by atoms with Gasteiger partial charge in [-0.1, -0.05) is 37.3 Å². The average Bonchev–Trinajstić information content (AvgIpc) is 3.21. The van der Waals surface area contributed by atoms with Crippen molar-refractivity contribution in [2.45, 2.75) is 33.0 Å². The Balaban J connectivity index is 1.78. The predicted octanol–water partition coefficient (Wildman–Crippen LogP) is 3.05. The molecule has 8 nitrogen and oxygen atoms in total. The zero-order valence-electron chi connectivity index (χ0n) is 19.1. The lowest BCUT2D eigenvalue weighted by Gasteiger charge is -2.18. The van der Waals surface area contributed by atoms with Crippen LogP contribution in [0.15, 0.2) is 53.8 Å². The number of hydrazone groups is 1. The third kappa shape index (κ3) is 5.95. The third-order valence-electron chi connectivity index (χ3n) is 5.28. The summed E-state index contributed by atoms with van der Waals surface area (Å²) < 4.78 is 21.4. The summed E-state index contributed by atoms with van der Waals surface area (Å²) in [5.74, 6) is 4.41. The molecule has 0 bridgehead atoms. The highest BCUT2D eigenvalue weighted by atomic mass is 19.1. The highest BCUT2D eigenvalue weighted by Gasteiger charge is 2.18. The Morgan fingerprint density at radius 2 is 2.00 bits per heavy atom.